The Morgan fingerprint density at radius 2 is 2.17 bits per heavy atom. The van der Waals surface area contributed by atoms with Gasteiger partial charge in [-0.2, -0.15) is 0 Å². The van der Waals surface area contributed by atoms with Gasteiger partial charge in [0.25, 0.3) is 0 Å². The maximum atomic E-state index is 10.9. The molecule has 1 heterocycles. The van der Waals surface area contributed by atoms with Crippen LogP contribution in [0.3, 0.4) is 0 Å². The van der Waals surface area contributed by atoms with Crippen molar-refractivity contribution in [3.05, 3.63) is 0 Å². The number of aliphatic carboxylic acids is 1. The van der Waals surface area contributed by atoms with Gasteiger partial charge in [0, 0.05) is 6.04 Å². The highest BCUT2D eigenvalue weighted by atomic mass is 16.4. The minimum absolute atomic E-state index is 0.259. The van der Waals surface area contributed by atoms with Crippen molar-refractivity contribution in [2.45, 2.75) is 39.3 Å². The van der Waals surface area contributed by atoms with E-state index in [1.807, 2.05) is 20.8 Å². The predicted molar refractivity (Wildman–Crippen MR) is 47.0 cm³/mol. The van der Waals surface area contributed by atoms with E-state index in [0.29, 0.717) is 12.0 Å². The highest BCUT2D eigenvalue weighted by molar-refractivity contribution is 5.74. The van der Waals surface area contributed by atoms with E-state index >= 15 is 0 Å². The molecule has 0 aromatic heterocycles. The third-order valence-corrected chi connectivity index (χ3v) is 2.66. The Morgan fingerprint density at radius 3 is 2.50 bits per heavy atom. The topological polar surface area (TPSA) is 40.5 Å². The first kappa shape index (κ1) is 9.52. The number of likely N-dealkylation sites (tertiary alicyclic amines) is 1. The molecule has 0 bridgehead atoms. The lowest BCUT2D eigenvalue weighted by molar-refractivity contribution is -0.143. The second-order valence-corrected chi connectivity index (χ2v) is 3.88. The molecular formula is C9H17NO2. The largest absolute Gasteiger partial charge is 0.480 e. The molecule has 0 aliphatic carbocycles. The molecule has 0 radical (unpaired) electrons. The van der Waals surface area contributed by atoms with E-state index < -0.39 is 5.97 Å². The van der Waals surface area contributed by atoms with E-state index in [0.717, 1.165) is 13.0 Å². The summed E-state index contributed by atoms with van der Waals surface area (Å²) in [5.41, 5.74) is 0. The van der Waals surface area contributed by atoms with Gasteiger partial charge in [-0.1, -0.05) is 6.92 Å². The summed E-state index contributed by atoms with van der Waals surface area (Å²) in [4.78, 5) is 12.9. The van der Waals surface area contributed by atoms with Gasteiger partial charge in [0.05, 0.1) is 0 Å². The zero-order valence-electron chi connectivity index (χ0n) is 7.95. The Kier molecular flexibility index (Phi) is 2.73. The minimum atomic E-state index is -0.672. The number of carboxylic acids is 1. The summed E-state index contributed by atoms with van der Waals surface area (Å²) < 4.78 is 0. The number of nitrogens with zero attached hydrogens (tertiary/aromatic N) is 1. The average Bonchev–Trinajstić information content (AvgIpc) is 2.30. The molecule has 3 heteroatoms. The molecule has 0 aromatic rings. The second kappa shape index (κ2) is 3.44. The van der Waals surface area contributed by atoms with E-state index in [1.165, 1.54) is 0 Å². The molecule has 0 spiro atoms. The molecule has 1 aliphatic rings. The molecule has 70 valence electrons. The second-order valence-electron chi connectivity index (χ2n) is 3.88. The smallest absolute Gasteiger partial charge is 0.321 e. The van der Waals surface area contributed by atoms with Crippen LogP contribution in [0.5, 0.6) is 0 Å². The highest BCUT2D eigenvalue weighted by Crippen LogP contribution is 2.25. The van der Waals surface area contributed by atoms with Gasteiger partial charge in [-0.3, -0.25) is 9.69 Å². The van der Waals surface area contributed by atoms with Crippen LogP contribution in [0.25, 0.3) is 0 Å². The number of carboxylic acid groups (broad SMARTS) is 1. The highest BCUT2D eigenvalue weighted by Gasteiger charge is 2.37. The van der Waals surface area contributed by atoms with Crippen LogP contribution in [-0.2, 0) is 4.79 Å². The first-order chi connectivity index (χ1) is 5.54. The standard InChI is InChI=1S/C9H17NO2/c1-6(2)10-5-4-7(3)8(10)9(11)12/h6-8H,4-5H2,1-3H3,(H,11,12). The fourth-order valence-corrected chi connectivity index (χ4v) is 1.94. The van der Waals surface area contributed by atoms with Crippen LogP contribution in [0.4, 0.5) is 0 Å². The Labute approximate surface area is 73.4 Å². The molecule has 2 atom stereocenters. The first-order valence-electron chi connectivity index (χ1n) is 4.52. The van der Waals surface area contributed by atoms with Crippen molar-refractivity contribution in [1.29, 1.82) is 0 Å². The lowest BCUT2D eigenvalue weighted by Gasteiger charge is -2.26. The molecule has 0 saturated carbocycles. The van der Waals surface area contributed by atoms with Crippen molar-refractivity contribution < 1.29 is 9.90 Å². The van der Waals surface area contributed by atoms with Crippen molar-refractivity contribution in [3.63, 3.8) is 0 Å². The van der Waals surface area contributed by atoms with Crippen LogP contribution >= 0.6 is 0 Å². The summed E-state index contributed by atoms with van der Waals surface area (Å²) in [7, 11) is 0. The van der Waals surface area contributed by atoms with Gasteiger partial charge in [0.1, 0.15) is 6.04 Å². The van der Waals surface area contributed by atoms with Gasteiger partial charge in [0.15, 0.2) is 0 Å². The Bertz CT molecular complexity index is 179. The van der Waals surface area contributed by atoms with Crippen molar-refractivity contribution in [2.75, 3.05) is 6.54 Å². The van der Waals surface area contributed by atoms with Crippen molar-refractivity contribution in [3.8, 4) is 0 Å². The summed E-state index contributed by atoms with van der Waals surface area (Å²) in [6, 6.07) is 0.0843. The van der Waals surface area contributed by atoms with Gasteiger partial charge >= 0.3 is 5.97 Å². The monoisotopic (exact) mass is 171 g/mol. The molecule has 3 nitrogen and oxygen atoms in total. The van der Waals surface area contributed by atoms with E-state index in [2.05, 4.69) is 4.90 Å². The molecule has 12 heavy (non-hydrogen) atoms. The van der Waals surface area contributed by atoms with Crippen molar-refractivity contribution in [1.82, 2.24) is 4.90 Å². The lowest BCUT2D eigenvalue weighted by atomic mass is 10.0. The number of carbonyl (C=O) groups is 1. The van der Waals surface area contributed by atoms with E-state index in [-0.39, 0.29) is 6.04 Å². The SMILES string of the molecule is CC1CCN(C(C)C)C1C(=O)O. The quantitative estimate of drug-likeness (QED) is 0.678. The van der Waals surface area contributed by atoms with Crippen LogP contribution in [-0.4, -0.2) is 34.6 Å². The Morgan fingerprint density at radius 1 is 1.58 bits per heavy atom. The normalized spacial score (nSPS) is 31.3. The molecule has 1 aliphatic heterocycles. The predicted octanol–water partition coefficient (Wildman–Crippen LogP) is 1.19. The zero-order chi connectivity index (χ0) is 9.30. The molecule has 1 fully saturated rings. The molecule has 1 saturated heterocycles. The molecule has 1 N–H and O–H groups in total. The van der Waals surface area contributed by atoms with Gasteiger partial charge in [-0.05, 0) is 32.7 Å². The maximum absolute atomic E-state index is 10.9. The lowest BCUT2D eigenvalue weighted by Crippen LogP contribution is -2.42. The van der Waals surface area contributed by atoms with Crippen LogP contribution in [0.15, 0.2) is 0 Å². The van der Waals surface area contributed by atoms with E-state index in [9.17, 15) is 4.79 Å². The Balaban J connectivity index is 2.70. The van der Waals surface area contributed by atoms with Gasteiger partial charge < -0.3 is 5.11 Å². The van der Waals surface area contributed by atoms with E-state index in [1.54, 1.807) is 0 Å². The molecule has 2 unspecified atom stereocenters. The fourth-order valence-electron chi connectivity index (χ4n) is 1.94. The van der Waals surface area contributed by atoms with Crippen LogP contribution in [0.1, 0.15) is 27.2 Å². The number of hydrogen-bond acceptors (Lipinski definition) is 2. The molecule has 1 rings (SSSR count). The summed E-state index contributed by atoms with van der Waals surface area (Å²) >= 11 is 0. The fraction of sp³-hybridized carbons (Fsp3) is 0.889. The van der Waals surface area contributed by atoms with Crippen LogP contribution < -0.4 is 0 Å². The number of hydrogen-bond donors (Lipinski definition) is 1. The first-order valence-corrected chi connectivity index (χ1v) is 4.52. The Hall–Kier alpha value is -0.570. The minimum Gasteiger partial charge on any atom is -0.480 e. The summed E-state index contributed by atoms with van der Waals surface area (Å²) in [5.74, 6) is -0.376. The van der Waals surface area contributed by atoms with Crippen LogP contribution in [0, 0.1) is 5.92 Å². The third-order valence-electron chi connectivity index (χ3n) is 2.66. The van der Waals surface area contributed by atoms with Gasteiger partial charge in [-0.15, -0.1) is 0 Å². The number of rotatable bonds is 2. The summed E-state index contributed by atoms with van der Waals surface area (Å²) in [6.07, 6.45) is 1.01. The van der Waals surface area contributed by atoms with E-state index in [4.69, 9.17) is 5.11 Å². The van der Waals surface area contributed by atoms with Crippen LogP contribution in [0.2, 0.25) is 0 Å². The molecular weight excluding hydrogens is 154 g/mol. The van der Waals surface area contributed by atoms with Crippen molar-refractivity contribution >= 4 is 5.97 Å². The molecule has 0 amide bonds. The third kappa shape index (κ3) is 1.61. The summed E-state index contributed by atoms with van der Waals surface area (Å²) in [5, 5.41) is 8.96. The van der Waals surface area contributed by atoms with Crippen molar-refractivity contribution in [2.24, 2.45) is 5.92 Å². The zero-order valence-corrected chi connectivity index (χ0v) is 7.95. The van der Waals surface area contributed by atoms with Gasteiger partial charge in [0.2, 0.25) is 0 Å². The summed E-state index contributed by atoms with van der Waals surface area (Å²) in [6.45, 7) is 7.04. The average molecular weight is 171 g/mol. The molecule has 0 aromatic carbocycles. The maximum Gasteiger partial charge on any atom is 0.321 e. The van der Waals surface area contributed by atoms with Gasteiger partial charge in [-0.25, -0.2) is 0 Å².